The zero-order valence-electron chi connectivity index (χ0n) is 14.4. The third-order valence-electron chi connectivity index (χ3n) is 2.59. The second-order valence-corrected chi connectivity index (χ2v) is 5.58. The molecule has 0 spiro atoms. The Kier molecular flexibility index (Phi) is 12.0. The smallest absolute Gasteiger partial charge is 0.407 e. The average molecular weight is 429 g/mol. The normalized spacial score (nSPS) is 10.1. The van der Waals surface area contributed by atoms with E-state index >= 15 is 0 Å². The summed E-state index contributed by atoms with van der Waals surface area (Å²) in [6, 6.07) is 0. The number of halogens is 3. The Morgan fingerprint density at radius 2 is 1.92 bits per heavy atom. The molecule has 0 bridgehead atoms. The molecule has 1 aromatic heterocycles. The van der Waals surface area contributed by atoms with Crippen molar-refractivity contribution >= 4 is 22.0 Å². The van der Waals surface area contributed by atoms with E-state index in [-0.39, 0.29) is 7.43 Å². The summed E-state index contributed by atoms with van der Waals surface area (Å²) in [5, 5.41) is 5.98. The topological polar surface area (TPSA) is 78.2 Å². The number of nitrogens with zero attached hydrogens (tertiary/aromatic N) is 3. The number of hydrogen-bond donors (Lipinski definition) is 1. The summed E-state index contributed by atoms with van der Waals surface area (Å²) >= 11 is 2.94. The maximum atomic E-state index is 12.9. The molecule has 0 aliphatic rings. The Morgan fingerprint density at radius 1 is 1.36 bits per heavy atom. The minimum atomic E-state index is -1.96. The van der Waals surface area contributed by atoms with E-state index in [1.54, 1.807) is 27.7 Å². The van der Waals surface area contributed by atoms with Crippen molar-refractivity contribution in [2.24, 2.45) is 0 Å². The lowest BCUT2D eigenvalue weighted by Crippen LogP contribution is -2.35. The number of alkyl halides is 1. The lowest BCUT2D eigenvalue weighted by Gasteiger charge is -2.19. The van der Waals surface area contributed by atoms with Gasteiger partial charge in [0, 0.05) is 18.7 Å². The van der Waals surface area contributed by atoms with Gasteiger partial charge >= 0.3 is 11.8 Å². The lowest BCUT2D eigenvalue weighted by atomic mass is 10.2. The van der Waals surface area contributed by atoms with E-state index in [0.29, 0.717) is 6.54 Å². The molecule has 1 N–H and O–H groups in total. The minimum Gasteiger partial charge on any atom is -0.444 e. The van der Waals surface area contributed by atoms with E-state index in [9.17, 15) is 18.4 Å². The lowest BCUT2D eigenvalue weighted by molar-refractivity contribution is 0.0531. The van der Waals surface area contributed by atoms with Crippen LogP contribution in [-0.2, 0) is 17.8 Å². The summed E-state index contributed by atoms with van der Waals surface area (Å²) in [5.41, 5.74) is -1.62. The Labute approximate surface area is 155 Å². The molecular formula is C15H27BrF2N4O3. The molecule has 0 aliphatic carbocycles. The van der Waals surface area contributed by atoms with Crippen LogP contribution in [0.4, 0.5) is 13.6 Å². The average Bonchev–Trinajstić information content (AvgIpc) is 2.83. The largest absolute Gasteiger partial charge is 0.444 e. The third-order valence-corrected chi connectivity index (χ3v) is 2.59. The van der Waals surface area contributed by atoms with E-state index < -0.39 is 42.1 Å². The number of carbonyl (C=O) groups is 1. The third kappa shape index (κ3) is 9.37. The van der Waals surface area contributed by atoms with Gasteiger partial charge in [-0.05, 0) is 33.5 Å². The van der Waals surface area contributed by atoms with Crippen LogP contribution < -0.4 is 11.0 Å². The quantitative estimate of drug-likeness (QED) is 0.728. The molecular weight excluding hydrogens is 402 g/mol. The molecule has 10 heteroatoms. The van der Waals surface area contributed by atoms with Crippen molar-refractivity contribution in [2.45, 2.75) is 53.8 Å². The SMILES string of the molecule is C.CBr.CCn1cnn(CC(CNC(=O)OC(C)(C)C)=C(F)F)c1=O. The molecule has 0 fully saturated rings. The first-order valence-electron chi connectivity index (χ1n) is 7.14. The van der Waals surface area contributed by atoms with E-state index in [2.05, 4.69) is 26.3 Å². The van der Waals surface area contributed by atoms with Gasteiger partial charge in [-0.25, -0.2) is 14.3 Å². The van der Waals surface area contributed by atoms with Crippen LogP contribution in [0.1, 0.15) is 35.1 Å². The first kappa shape index (κ1) is 25.5. The highest BCUT2D eigenvalue weighted by Gasteiger charge is 2.18. The molecule has 146 valence electrons. The summed E-state index contributed by atoms with van der Waals surface area (Å²) in [6.45, 7) is 6.30. The molecule has 0 saturated carbocycles. The molecule has 1 amide bonds. The molecule has 7 nitrogen and oxygen atoms in total. The zero-order valence-corrected chi connectivity index (χ0v) is 16.0. The van der Waals surface area contributed by atoms with Gasteiger partial charge in [-0.15, -0.1) is 0 Å². The number of aryl methyl sites for hydroxylation is 1. The van der Waals surface area contributed by atoms with Gasteiger partial charge in [-0.2, -0.15) is 13.9 Å². The molecule has 1 rings (SSSR count). The van der Waals surface area contributed by atoms with E-state index in [1.807, 2.05) is 5.83 Å². The predicted octanol–water partition coefficient (Wildman–Crippen LogP) is 3.39. The van der Waals surface area contributed by atoms with E-state index in [4.69, 9.17) is 4.74 Å². The number of nitrogens with one attached hydrogen (secondary N) is 1. The van der Waals surface area contributed by atoms with Crippen LogP contribution in [0.15, 0.2) is 22.8 Å². The second-order valence-electron chi connectivity index (χ2n) is 5.58. The summed E-state index contributed by atoms with van der Waals surface area (Å²) in [4.78, 5) is 23.2. The summed E-state index contributed by atoms with van der Waals surface area (Å²) in [7, 11) is 0. The van der Waals surface area contributed by atoms with Gasteiger partial charge in [-0.3, -0.25) is 4.57 Å². The Hall–Kier alpha value is -1.71. The van der Waals surface area contributed by atoms with Gasteiger partial charge < -0.3 is 10.1 Å². The van der Waals surface area contributed by atoms with Gasteiger partial charge in [0.1, 0.15) is 11.9 Å². The molecule has 1 aromatic rings. The van der Waals surface area contributed by atoms with Crippen LogP contribution in [0.2, 0.25) is 0 Å². The first-order valence-corrected chi connectivity index (χ1v) is 8.72. The molecule has 1 heterocycles. The Morgan fingerprint density at radius 3 is 2.32 bits per heavy atom. The fourth-order valence-electron chi connectivity index (χ4n) is 1.55. The summed E-state index contributed by atoms with van der Waals surface area (Å²) in [6.07, 6.45) is -1.50. The molecule has 0 aromatic carbocycles. The number of rotatable bonds is 5. The van der Waals surface area contributed by atoms with E-state index in [0.717, 1.165) is 4.68 Å². The number of hydrogen-bond acceptors (Lipinski definition) is 4. The van der Waals surface area contributed by atoms with Crippen LogP contribution in [0.5, 0.6) is 0 Å². The maximum Gasteiger partial charge on any atom is 0.407 e. The van der Waals surface area contributed by atoms with Crippen LogP contribution >= 0.6 is 15.9 Å². The van der Waals surface area contributed by atoms with Crippen molar-refractivity contribution in [1.82, 2.24) is 19.7 Å². The molecule has 0 atom stereocenters. The van der Waals surface area contributed by atoms with Gasteiger partial charge in [0.05, 0.1) is 6.54 Å². The predicted molar refractivity (Wildman–Crippen MR) is 97.2 cm³/mol. The molecule has 0 aliphatic heterocycles. The van der Waals surface area contributed by atoms with E-state index in [1.165, 1.54) is 10.9 Å². The fourth-order valence-corrected chi connectivity index (χ4v) is 1.55. The molecule has 25 heavy (non-hydrogen) atoms. The van der Waals surface area contributed by atoms with Crippen LogP contribution in [-0.4, -0.2) is 38.4 Å². The monoisotopic (exact) mass is 428 g/mol. The highest BCUT2D eigenvalue weighted by molar-refractivity contribution is 9.08. The van der Waals surface area contributed by atoms with Crippen LogP contribution in [0, 0.1) is 0 Å². The minimum absolute atomic E-state index is 0. The Bertz CT molecular complexity index is 617. The number of amides is 1. The fraction of sp³-hybridized carbons (Fsp3) is 0.667. The molecule has 0 saturated heterocycles. The maximum absolute atomic E-state index is 12.9. The molecule has 0 radical (unpaired) electrons. The number of carbonyl (C=O) groups excluding carboxylic acids is 1. The molecule has 0 unspecified atom stereocenters. The second kappa shape index (κ2) is 11.8. The standard InChI is InChI=1S/C13H20F2N4O3.CH3Br.CH4/c1-5-18-8-17-19(12(18)21)7-9(10(14)15)6-16-11(20)22-13(2,3)4;1-2;/h8H,5-7H2,1-4H3,(H,16,20);1H3;1H4. The van der Waals surface area contributed by atoms with Crippen molar-refractivity contribution in [2.75, 3.05) is 12.4 Å². The van der Waals surface area contributed by atoms with Gasteiger partial charge in [0.25, 0.3) is 6.08 Å². The number of ether oxygens (including phenoxy) is 1. The highest BCUT2D eigenvalue weighted by Crippen LogP contribution is 2.10. The van der Waals surface area contributed by atoms with Crippen molar-refractivity contribution < 1.29 is 18.3 Å². The number of aromatic nitrogens is 3. The first-order chi connectivity index (χ1) is 11.1. The van der Waals surface area contributed by atoms with Crippen molar-refractivity contribution in [3.63, 3.8) is 0 Å². The highest BCUT2D eigenvalue weighted by atomic mass is 79.9. The zero-order chi connectivity index (χ0) is 18.9. The van der Waals surface area contributed by atoms with Gasteiger partial charge in [0.2, 0.25) is 0 Å². The van der Waals surface area contributed by atoms with Gasteiger partial charge in [0.15, 0.2) is 0 Å². The van der Waals surface area contributed by atoms with Crippen molar-refractivity contribution in [3.05, 3.63) is 28.5 Å². The summed E-state index contributed by atoms with van der Waals surface area (Å²) in [5.74, 6) is 1.81. The van der Waals surface area contributed by atoms with Crippen molar-refractivity contribution in [1.29, 1.82) is 0 Å². The summed E-state index contributed by atoms with van der Waals surface area (Å²) < 4.78 is 33.0. The van der Waals surface area contributed by atoms with Crippen molar-refractivity contribution in [3.8, 4) is 0 Å². The Balaban J connectivity index is 0. The number of alkyl carbamates (subject to hydrolysis) is 1. The van der Waals surface area contributed by atoms with Crippen LogP contribution in [0.3, 0.4) is 0 Å². The van der Waals surface area contributed by atoms with Gasteiger partial charge in [-0.1, -0.05) is 23.4 Å². The van der Waals surface area contributed by atoms with Crippen LogP contribution in [0.25, 0.3) is 0 Å².